The number of likely N-dealkylation sites (tertiary alicyclic amines) is 1. The van der Waals surface area contributed by atoms with Gasteiger partial charge in [-0.3, -0.25) is 4.79 Å². The lowest BCUT2D eigenvalue weighted by Crippen LogP contribution is -2.42. The number of aromatic nitrogens is 1. The molecule has 0 aliphatic carbocycles. The summed E-state index contributed by atoms with van der Waals surface area (Å²) in [6.45, 7) is 4.82. The molecule has 16 heavy (non-hydrogen) atoms. The average molecular weight is 220 g/mol. The molecule has 1 aliphatic heterocycles. The molecule has 0 spiro atoms. The number of carbonyl (C=O) groups excluding carboxylic acids is 1. The van der Waals surface area contributed by atoms with E-state index in [-0.39, 0.29) is 22.9 Å². The van der Waals surface area contributed by atoms with Gasteiger partial charge in [-0.1, -0.05) is 0 Å². The van der Waals surface area contributed by atoms with Crippen molar-refractivity contribution in [1.82, 2.24) is 9.88 Å². The molecule has 4 nitrogen and oxygen atoms in total. The zero-order valence-electron chi connectivity index (χ0n) is 9.60. The molecule has 86 valence electrons. The Balaban J connectivity index is 2.30. The second kappa shape index (κ2) is 3.77. The van der Waals surface area contributed by atoms with Crippen LogP contribution < -0.4 is 0 Å². The lowest BCUT2D eigenvalue weighted by Gasteiger charge is -2.31. The van der Waals surface area contributed by atoms with Gasteiger partial charge in [0.25, 0.3) is 5.91 Å². The zero-order chi connectivity index (χ0) is 11.8. The van der Waals surface area contributed by atoms with Gasteiger partial charge in [0.15, 0.2) is 5.69 Å². The number of carbonyl (C=O) groups is 1. The molecule has 1 aliphatic rings. The van der Waals surface area contributed by atoms with Gasteiger partial charge in [0, 0.05) is 18.3 Å². The Morgan fingerprint density at radius 3 is 2.88 bits per heavy atom. The van der Waals surface area contributed by atoms with Crippen LogP contribution in [-0.4, -0.2) is 33.0 Å². The molecule has 0 saturated carbocycles. The van der Waals surface area contributed by atoms with Crippen LogP contribution in [0.1, 0.15) is 37.2 Å². The fraction of sp³-hybridized carbons (Fsp3) is 0.500. The van der Waals surface area contributed by atoms with Gasteiger partial charge in [-0.05, 0) is 38.8 Å². The summed E-state index contributed by atoms with van der Waals surface area (Å²) in [7, 11) is 0. The summed E-state index contributed by atoms with van der Waals surface area (Å²) in [5.41, 5.74) is 0.0126. The second-order valence-corrected chi connectivity index (χ2v) is 4.74. The normalized spacial score (nSPS) is 18.8. The van der Waals surface area contributed by atoms with E-state index >= 15 is 0 Å². The van der Waals surface area contributed by atoms with Crippen molar-refractivity contribution in [3.05, 3.63) is 24.0 Å². The van der Waals surface area contributed by atoms with Crippen LogP contribution in [0.25, 0.3) is 0 Å². The number of pyridine rings is 1. The first-order chi connectivity index (χ1) is 7.52. The van der Waals surface area contributed by atoms with Gasteiger partial charge in [0.2, 0.25) is 0 Å². The maximum Gasteiger partial charge on any atom is 0.276 e. The molecular formula is C12H16N2O2. The van der Waals surface area contributed by atoms with Gasteiger partial charge in [-0.15, -0.1) is 0 Å². The van der Waals surface area contributed by atoms with Gasteiger partial charge in [0.05, 0.1) is 0 Å². The summed E-state index contributed by atoms with van der Waals surface area (Å²) in [5.74, 6) is -0.226. The first-order valence-electron chi connectivity index (χ1n) is 5.48. The highest BCUT2D eigenvalue weighted by Crippen LogP contribution is 2.30. The van der Waals surface area contributed by atoms with E-state index in [0.717, 1.165) is 19.4 Å². The van der Waals surface area contributed by atoms with E-state index in [0.29, 0.717) is 0 Å². The van der Waals surface area contributed by atoms with Crippen LogP contribution in [0.4, 0.5) is 0 Å². The highest BCUT2D eigenvalue weighted by Gasteiger charge is 2.36. The zero-order valence-corrected chi connectivity index (χ0v) is 9.60. The quantitative estimate of drug-likeness (QED) is 0.785. The summed E-state index contributed by atoms with van der Waals surface area (Å²) in [6, 6.07) is 3.10. The van der Waals surface area contributed by atoms with Gasteiger partial charge in [-0.2, -0.15) is 0 Å². The third-order valence-electron chi connectivity index (χ3n) is 3.14. The molecule has 0 radical (unpaired) electrons. The Bertz CT molecular complexity index is 415. The summed E-state index contributed by atoms with van der Waals surface area (Å²) >= 11 is 0. The van der Waals surface area contributed by atoms with Gasteiger partial charge in [-0.25, -0.2) is 4.98 Å². The van der Waals surface area contributed by atoms with Crippen LogP contribution in [0.2, 0.25) is 0 Å². The number of hydrogen-bond acceptors (Lipinski definition) is 3. The first-order valence-corrected chi connectivity index (χ1v) is 5.48. The van der Waals surface area contributed by atoms with Crippen molar-refractivity contribution < 1.29 is 9.90 Å². The van der Waals surface area contributed by atoms with Crippen LogP contribution >= 0.6 is 0 Å². The Hall–Kier alpha value is -1.58. The van der Waals surface area contributed by atoms with Crippen molar-refractivity contribution in [2.75, 3.05) is 6.54 Å². The monoisotopic (exact) mass is 220 g/mol. The summed E-state index contributed by atoms with van der Waals surface area (Å²) in [4.78, 5) is 17.9. The first kappa shape index (κ1) is 10.9. The van der Waals surface area contributed by atoms with E-state index in [1.807, 2.05) is 13.8 Å². The number of hydrogen-bond donors (Lipinski definition) is 1. The molecule has 0 unspecified atom stereocenters. The molecule has 0 aromatic carbocycles. The van der Waals surface area contributed by atoms with Crippen LogP contribution in [-0.2, 0) is 0 Å². The standard InChI is InChI=1S/C12H16N2O2/c1-12(2)6-4-8-14(12)11(16)10-9(15)5-3-7-13-10/h3,5,7,15H,4,6,8H2,1-2H3. The van der Waals surface area contributed by atoms with Crippen molar-refractivity contribution in [2.45, 2.75) is 32.2 Å². The number of aromatic hydroxyl groups is 1. The van der Waals surface area contributed by atoms with Gasteiger partial charge < -0.3 is 10.0 Å². The minimum absolute atomic E-state index is 0.0461. The largest absolute Gasteiger partial charge is 0.505 e. The Morgan fingerprint density at radius 2 is 2.31 bits per heavy atom. The van der Waals surface area contributed by atoms with E-state index < -0.39 is 0 Å². The van der Waals surface area contributed by atoms with Crippen molar-refractivity contribution in [1.29, 1.82) is 0 Å². The van der Waals surface area contributed by atoms with Gasteiger partial charge >= 0.3 is 0 Å². The maximum absolute atomic E-state index is 12.2. The predicted molar refractivity (Wildman–Crippen MR) is 60.3 cm³/mol. The molecule has 1 aromatic rings. The van der Waals surface area contributed by atoms with E-state index in [2.05, 4.69) is 4.98 Å². The molecule has 1 saturated heterocycles. The smallest absolute Gasteiger partial charge is 0.276 e. The van der Waals surface area contributed by atoms with E-state index in [9.17, 15) is 9.90 Å². The van der Waals surface area contributed by atoms with Crippen molar-refractivity contribution in [3.63, 3.8) is 0 Å². The fourth-order valence-electron chi connectivity index (χ4n) is 2.17. The molecule has 1 aromatic heterocycles. The lowest BCUT2D eigenvalue weighted by molar-refractivity contribution is 0.0642. The fourth-order valence-corrected chi connectivity index (χ4v) is 2.17. The van der Waals surface area contributed by atoms with Crippen LogP contribution in [0.3, 0.4) is 0 Å². The minimum atomic E-state index is -0.180. The van der Waals surface area contributed by atoms with Crippen LogP contribution in [0.5, 0.6) is 5.75 Å². The molecule has 2 rings (SSSR count). The number of nitrogens with zero attached hydrogens (tertiary/aromatic N) is 2. The highest BCUT2D eigenvalue weighted by molar-refractivity contribution is 5.95. The average Bonchev–Trinajstić information content (AvgIpc) is 2.58. The number of rotatable bonds is 1. The molecule has 4 heteroatoms. The summed E-state index contributed by atoms with van der Waals surface area (Å²) < 4.78 is 0. The third-order valence-corrected chi connectivity index (χ3v) is 3.14. The predicted octanol–water partition coefficient (Wildman–Crippen LogP) is 1.80. The molecule has 0 atom stereocenters. The van der Waals surface area contributed by atoms with Crippen molar-refractivity contribution in [2.24, 2.45) is 0 Å². The van der Waals surface area contributed by atoms with Crippen LogP contribution in [0, 0.1) is 0 Å². The summed E-state index contributed by atoms with van der Waals surface area (Å²) in [5, 5.41) is 9.60. The second-order valence-electron chi connectivity index (χ2n) is 4.74. The maximum atomic E-state index is 12.2. The molecule has 0 bridgehead atoms. The van der Waals surface area contributed by atoms with E-state index in [1.165, 1.54) is 12.3 Å². The molecule has 1 N–H and O–H groups in total. The highest BCUT2D eigenvalue weighted by atomic mass is 16.3. The SMILES string of the molecule is CC1(C)CCCN1C(=O)c1ncccc1O. The molecular weight excluding hydrogens is 204 g/mol. The Labute approximate surface area is 94.9 Å². The topological polar surface area (TPSA) is 53.4 Å². The Morgan fingerprint density at radius 1 is 1.56 bits per heavy atom. The van der Waals surface area contributed by atoms with E-state index in [1.54, 1.807) is 11.0 Å². The third kappa shape index (κ3) is 1.75. The molecule has 1 fully saturated rings. The number of amides is 1. The van der Waals surface area contributed by atoms with E-state index in [4.69, 9.17) is 0 Å². The molecule has 2 heterocycles. The lowest BCUT2D eigenvalue weighted by atomic mass is 10.0. The van der Waals surface area contributed by atoms with Crippen molar-refractivity contribution in [3.8, 4) is 5.75 Å². The van der Waals surface area contributed by atoms with Crippen LogP contribution in [0.15, 0.2) is 18.3 Å². The molecule has 1 amide bonds. The van der Waals surface area contributed by atoms with Crippen molar-refractivity contribution >= 4 is 5.91 Å². The minimum Gasteiger partial charge on any atom is -0.505 e. The Kier molecular flexibility index (Phi) is 2.58. The van der Waals surface area contributed by atoms with Gasteiger partial charge in [0.1, 0.15) is 5.75 Å². The summed E-state index contributed by atoms with van der Waals surface area (Å²) in [6.07, 6.45) is 3.52.